The lowest BCUT2D eigenvalue weighted by Crippen LogP contribution is -2.40. The van der Waals surface area contributed by atoms with E-state index in [2.05, 4.69) is 10.6 Å². The summed E-state index contributed by atoms with van der Waals surface area (Å²) >= 11 is 0. The molecule has 8 nitrogen and oxygen atoms in total. The smallest absolute Gasteiger partial charge is 0.402 e. The zero-order valence-corrected chi connectivity index (χ0v) is 25.6. The van der Waals surface area contributed by atoms with Gasteiger partial charge in [0.25, 0.3) is 11.8 Å². The van der Waals surface area contributed by atoms with Crippen molar-refractivity contribution >= 4 is 23.2 Å². The van der Waals surface area contributed by atoms with Gasteiger partial charge in [-0.15, -0.1) is 0 Å². The van der Waals surface area contributed by atoms with Crippen LogP contribution in [0.2, 0.25) is 0 Å². The Kier molecular flexibility index (Phi) is 11.4. The predicted octanol–water partition coefficient (Wildman–Crippen LogP) is 7.81. The lowest BCUT2D eigenvalue weighted by molar-refractivity contribution is -0.173. The summed E-state index contributed by atoms with van der Waals surface area (Å²) in [6.45, 7) is 4.92. The van der Waals surface area contributed by atoms with E-state index < -0.39 is 23.4 Å². The summed E-state index contributed by atoms with van der Waals surface area (Å²) in [5.41, 5.74) is -2.31. The van der Waals surface area contributed by atoms with Crippen molar-refractivity contribution < 1.29 is 41.7 Å². The molecule has 0 aliphatic carbocycles. The molecule has 4 aromatic rings. The first-order valence-corrected chi connectivity index (χ1v) is 14.6. The third-order valence-corrected chi connectivity index (χ3v) is 7.25. The van der Waals surface area contributed by atoms with Crippen LogP contribution in [0.15, 0.2) is 97.1 Å². The first-order chi connectivity index (χ1) is 22.1. The average Bonchev–Trinajstić information content (AvgIpc) is 3.06. The Labute approximate surface area is 265 Å². The van der Waals surface area contributed by atoms with E-state index in [1.165, 1.54) is 36.4 Å². The molecule has 0 aliphatic rings. The van der Waals surface area contributed by atoms with E-state index >= 15 is 13.2 Å². The number of hydrogen-bond acceptors (Lipinski definition) is 6. The van der Waals surface area contributed by atoms with Crippen LogP contribution < -0.4 is 20.1 Å². The fourth-order valence-corrected chi connectivity index (χ4v) is 4.57. The second-order valence-corrected chi connectivity index (χ2v) is 10.2. The molecule has 0 radical (unpaired) electrons. The van der Waals surface area contributed by atoms with Crippen LogP contribution >= 0.6 is 0 Å². The molecule has 242 valence electrons. The van der Waals surface area contributed by atoms with Crippen LogP contribution in [-0.4, -0.2) is 44.8 Å². The minimum Gasteiger partial charge on any atom is -0.465 e. The SMILES string of the molecule is CCOCOc1ccc(C(C)(c2ccc(OCOCC)c(NC(=O)c3ccccc3)c2)C(F)(F)F)cc1NC(=O)c1ccccc1. The van der Waals surface area contributed by atoms with Gasteiger partial charge in [0.15, 0.2) is 13.6 Å². The van der Waals surface area contributed by atoms with E-state index in [1.54, 1.807) is 74.5 Å². The highest BCUT2D eigenvalue weighted by atomic mass is 19.4. The zero-order chi connectivity index (χ0) is 33.2. The molecule has 2 amide bonds. The molecule has 0 aliphatic heterocycles. The lowest BCUT2D eigenvalue weighted by Gasteiger charge is -2.34. The van der Waals surface area contributed by atoms with E-state index in [-0.39, 0.29) is 47.6 Å². The monoisotopic (exact) mass is 636 g/mol. The first-order valence-electron chi connectivity index (χ1n) is 14.6. The molecule has 11 heteroatoms. The van der Waals surface area contributed by atoms with E-state index in [1.807, 2.05) is 0 Å². The molecule has 0 bridgehead atoms. The minimum absolute atomic E-state index is 0.0239. The Bertz CT molecular complexity index is 1500. The molecule has 0 aromatic heterocycles. The maximum Gasteiger partial charge on any atom is 0.402 e. The number of carbonyl (C=O) groups excluding carboxylic acids is 2. The van der Waals surface area contributed by atoms with Crippen LogP contribution in [-0.2, 0) is 14.9 Å². The van der Waals surface area contributed by atoms with Crippen LogP contribution in [0.1, 0.15) is 52.6 Å². The molecule has 2 N–H and O–H groups in total. The quantitative estimate of drug-likeness (QED) is 0.108. The van der Waals surface area contributed by atoms with Gasteiger partial charge in [0.05, 0.1) is 11.4 Å². The van der Waals surface area contributed by atoms with Crippen molar-refractivity contribution in [3.63, 3.8) is 0 Å². The Morgan fingerprint density at radius 3 is 1.37 bits per heavy atom. The highest BCUT2D eigenvalue weighted by Gasteiger charge is 2.54. The maximum absolute atomic E-state index is 15.2. The van der Waals surface area contributed by atoms with Crippen LogP contribution in [0.3, 0.4) is 0 Å². The van der Waals surface area contributed by atoms with Gasteiger partial charge in [0.1, 0.15) is 16.9 Å². The van der Waals surface area contributed by atoms with Gasteiger partial charge in [0, 0.05) is 24.3 Å². The summed E-state index contributed by atoms with van der Waals surface area (Å²) in [4.78, 5) is 26.1. The summed E-state index contributed by atoms with van der Waals surface area (Å²) in [6.07, 6.45) is -4.82. The van der Waals surface area contributed by atoms with Gasteiger partial charge in [-0.25, -0.2) is 0 Å². The van der Waals surface area contributed by atoms with E-state index in [0.29, 0.717) is 24.3 Å². The van der Waals surface area contributed by atoms with E-state index in [9.17, 15) is 9.59 Å². The number of amides is 2. The molecule has 46 heavy (non-hydrogen) atoms. The molecular weight excluding hydrogens is 601 g/mol. The summed E-state index contributed by atoms with van der Waals surface area (Å²) in [7, 11) is 0. The molecule has 0 saturated carbocycles. The molecule has 4 aromatic carbocycles. The average molecular weight is 637 g/mol. The Balaban J connectivity index is 1.80. The van der Waals surface area contributed by atoms with Gasteiger partial charge < -0.3 is 29.6 Å². The summed E-state index contributed by atoms with van der Waals surface area (Å²) < 4.78 is 67.4. The zero-order valence-electron chi connectivity index (χ0n) is 25.6. The third-order valence-electron chi connectivity index (χ3n) is 7.25. The first kappa shape index (κ1) is 34.0. The maximum atomic E-state index is 15.2. The standard InChI is InChI=1S/C35H35F3N2O6/c1-4-43-22-45-30-18-16-26(20-28(30)39-32(41)24-12-8-6-9-13-24)34(3,35(36,37)38)27-17-19-31(46-23-44-5-2)29(21-27)40-33(42)25-14-10-7-11-15-25/h6-21H,4-5,22-23H2,1-3H3,(H,39,41)(H,40,42). The van der Waals surface area contributed by atoms with Crippen molar-refractivity contribution in [2.24, 2.45) is 0 Å². The largest absolute Gasteiger partial charge is 0.465 e. The molecule has 0 heterocycles. The molecule has 0 spiro atoms. The number of rotatable bonds is 14. The molecule has 0 unspecified atom stereocenters. The van der Waals surface area contributed by atoms with Crippen LogP contribution in [0.4, 0.5) is 24.5 Å². The Morgan fingerprint density at radius 1 is 0.630 bits per heavy atom. The topological polar surface area (TPSA) is 95.1 Å². The van der Waals surface area contributed by atoms with E-state index in [0.717, 1.165) is 6.92 Å². The van der Waals surface area contributed by atoms with Crippen LogP contribution in [0.5, 0.6) is 11.5 Å². The fourth-order valence-electron chi connectivity index (χ4n) is 4.57. The van der Waals surface area contributed by atoms with Crippen LogP contribution in [0.25, 0.3) is 0 Å². The number of nitrogens with one attached hydrogen (secondary N) is 2. The van der Waals surface area contributed by atoms with Gasteiger partial charge in [-0.2, -0.15) is 13.2 Å². The lowest BCUT2D eigenvalue weighted by atomic mass is 9.75. The molecule has 0 fully saturated rings. The van der Waals surface area contributed by atoms with Crippen molar-refractivity contribution in [2.45, 2.75) is 32.4 Å². The van der Waals surface area contributed by atoms with Crippen molar-refractivity contribution in [2.75, 3.05) is 37.4 Å². The van der Waals surface area contributed by atoms with Crippen molar-refractivity contribution in [3.8, 4) is 11.5 Å². The second kappa shape index (κ2) is 15.4. The molecular formula is C35H35F3N2O6. The van der Waals surface area contributed by atoms with E-state index in [4.69, 9.17) is 18.9 Å². The minimum atomic E-state index is -4.82. The number of alkyl halides is 3. The van der Waals surface area contributed by atoms with Gasteiger partial charge in [-0.3, -0.25) is 9.59 Å². The number of ether oxygens (including phenoxy) is 4. The molecule has 0 atom stereocenters. The Morgan fingerprint density at radius 2 is 1.02 bits per heavy atom. The van der Waals surface area contributed by atoms with Gasteiger partial charge >= 0.3 is 6.18 Å². The Hall–Kier alpha value is -4.87. The predicted molar refractivity (Wildman–Crippen MR) is 168 cm³/mol. The van der Waals surface area contributed by atoms with Crippen molar-refractivity contribution in [1.29, 1.82) is 0 Å². The third kappa shape index (κ3) is 8.04. The van der Waals surface area contributed by atoms with Gasteiger partial charge in [-0.1, -0.05) is 48.5 Å². The van der Waals surface area contributed by atoms with Gasteiger partial charge in [0.2, 0.25) is 0 Å². The number of carbonyl (C=O) groups is 2. The number of halogens is 3. The van der Waals surface area contributed by atoms with Crippen LogP contribution in [0, 0.1) is 0 Å². The van der Waals surface area contributed by atoms with Crippen molar-refractivity contribution in [1.82, 2.24) is 0 Å². The number of benzene rings is 4. The fraction of sp³-hybridized carbons (Fsp3) is 0.257. The number of anilines is 2. The molecule has 4 rings (SSSR count). The highest BCUT2D eigenvalue weighted by molar-refractivity contribution is 6.05. The van der Waals surface area contributed by atoms with Gasteiger partial charge in [-0.05, 0) is 80.4 Å². The molecule has 0 saturated heterocycles. The number of hydrogen-bond donors (Lipinski definition) is 2. The summed E-state index contributed by atoms with van der Waals surface area (Å²) in [5.74, 6) is -0.813. The van der Waals surface area contributed by atoms with Crippen molar-refractivity contribution in [3.05, 3.63) is 119 Å². The highest BCUT2D eigenvalue weighted by Crippen LogP contribution is 2.49. The summed E-state index contributed by atoms with van der Waals surface area (Å²) in [6, 6.07) is 24.3. The summed E-state index contributed by atoms with van der Waals surface area (Å²) in [5, 5.41) is 5.37. The normalized spacial score (nSPS) is 11.5. The second-order valence-electron chi connectivity index (χ2n) is 10.2.